The fourth-order valence-electron chi connectivity index (χ4n) is 2.39. The van der Waals surface area contributed by atoms with Gasteiger partial charge in [-0.15, -0.1) is 0 Å². The number of aromatic nitrogens is 2. The summed E-state index contributed by atoms with van der Waals surface area (Å²) in [5.74, 6) is -1.21. The normalized spacial score (nSPS) is 26.1. The molecule has 1 aliphatic carbocycles. The lowest BCUT2D eigenvalue weighted by molar-refractivity contribution is -0.189. The summed E-state index contributed by atoms with van der Waals surface area (Å²) in [5, 5.41) is 2.99. The van der Waals surface area contributed by atoms with Gasteiger partial charge < -0.3 is 10.3 Å². The maximum absolute atomic E-state index is 12.8. The van der Waals surface area contributed by atoms with E-state index in [0.717, 1.165) is 12.1 Å². The minimum Gasteiger partial charge on any atom is -0.347 e. The van der Waals surface area contributed by atoms with Crippen molar-refractivity contribution in [3.63, 3.8) is 0 Å². The van der Waals surface area contributed by atoms with Crippen molar-refractivity contribution in [1.82, 2.24) is 15.3 Å². The summed E-state index contributed by atoms with van der Waals surface area (Å²) < 4.78 is 38.4. The van der Waals surface area contributed by atoms with E-state index in [1.807, 2.05) is 0 Å². The highest BCUT2D eigenvalue weighted by molar-refractivity contribution is 4.95. The van der Waals surface area contributed by atoms with Crippen LogP contribution in [0.25, 0.3) is 0 Å². The summed E-state index contributed by atoms with van der Waals surface area (Å²) in [4.78, 5) is 6.71. The topological polar surface area (TPSA) is 40.7 Å². The average molecular weight is 247 g/mol. The van der Waals surface area contributed by atoms with Crippen molar-refractivity contribution in [2.45, 2.75) is 44.4 Å². The molecule has 1 fully saturated rings. The molecule has 0 saturated heterocycles. The second kappa shape index (κ2) is 5.08. The van der Waals surface area contributed by atoms with Crippen LogP contribution in [0.1, 0.15) is 31.4 Å². The maximum Gasteiger partial charge on any atom is 0.393 e. The third-order valence-corrected chi connectivity index (χ3v) is 3.30. The average Bonchev–Trinajstić information content (AvgIpc) is 2.78. The van der Waals surface area contributed by atoms with E-state index in [1.165, 1.54) is 6.33 Å². The van der Waals surface area contributed by atoms with Gasteiger partial charge in [0.25, 0.3) is 0 Å². The van der Waals surface area contributed by atoms with Crippen LogP contribution in [0, 0.1) is 5.92 Å². The summed E-state index contributed by atoms with van der Waals surface area (Å²) in [7, 11) is 0. The van der Waals surface area contributed by atoms with E-state index in [9.17, 15) is 13.2 Å². The lowest BCUT2D eigenvalue weighted by Gasteiger charge is -2.33. The van der Waals surface area contributed by atoms with E-state index in [0.29, 0.717) is 19.4 Å². The molecule has 2 atom stereocenters. The van der Waals surface area contributed by atoms with E-state index < -0.39 is 18.1 Å². The number of nitrogens with zero attached hydrogens (tertiary/aromatic N) is 1. The number of imidazole rings is 1. The zero-order valence-electron chi connectivity index (χ0n) is 9.43. The van der Waals surface area contributed by atoms with Gasteiger partial charge in [0.15, 0.2) is 0 Å². The molecular weight excluding hydrogens is 231 g/mol. The van der Waals surface area contributed by atoms with Crippen LogP contribution in [0.2, 0.25) is 0 Å². The second-order valence-electron chi connectivity index (χ2n) is 4.50. The Morgan fingerprint density at radius 1 is 1.35 bits per heavy atom. The molecule has 0 bridgehead atoms. The minimum absolute atomic E-state index is 0.240. The number of alkyl halides is 3. The Balaban J connectivity index is 1.92. The lowest BCUT2D eigenvalue weighted by atomic mass is 9.84. The standard InChI is InChI=1S/C11H16F3N3/c12-11(13,14)9-3-1-2-4-10(9)16-6-8-5-15-7-17-8/h5,7,9-10,16H,1-4,6H2,(H,15,17). The van der Waals surface area contributed by atoms with Gasteiger partial charge in [-0.05, 0) is 12.8 Å². The first-order valence-corrected chi connectivity index (χ1v) is 5.84. The Morgan fingerprint density at radius 2 is 2.12 bits per heavy atom. The summed E-state index contributed by atoms with van der Waals surface area (Å²) in [6, 6.07) is -0.466. The molecule has 17 heavy (non-hydrogen) atoms. The van der Waals surface area contributed by atoms with Crippen molar-refractivity contribution in [3.8, 4) is 0 Å². The third-order valence-electron chi connectivity index (χ3n) is 3.30. The number of aromatic amines is 1. The quantitative estimate of drug-likeness (QED) is 0.862. The van der Waals surface area contributed by atoms with Gasteiger partial charge in [0.2, 0.25) is 0 Å². The molecule has 0 amide bonds. The molecule has 1 saturated carbocycles. The number of rotatable bonds is 3. The highest BCUT2D eigenvalue weighted by atomic mass is 19.4. The molecule has 3 nitrogen and oxygen atoms in total. The maximum atomic E-state index is 12.8. The molecule has 2 N–H and O–H groups in total. The molecule has 96 valence electrons. The Kier molecular flexibility index (Phi) is 3.71. The van der Waals surface area contributed by atoms with E-state index in [-0.39, 0.29) is 6.42 Å². The summed E-state index contributed by atoms with van der Waals surface area (Å²) in [6.07, 6.45) is 1.44. The van der Waals surface area contributed by atoms with Gasteiger partial charge in [-0.25, -0.2) is 4.98 Å². The number of halogens is 3. The van der Waals surface area contributed by atoms with E-state index in [1.54, 1.807) is 6.20 Å². The van der Waals surface area contributed by atoms with Crippen molar-refractivity contribution >= 4 is 0 Å². The van der Waals surface area contributed by atoms with Crippen LogP contribution in [-0.4, -0.2) is 22.2 Å². The Hall–Kier alpha value is -1.04. The van der Waals surface area contributed by atoms with Gasteiger partial charge in [-0.1, -0.05) is 12.8 Å². The van der Waals surface area contributed by atoms with E-state index in [2.05, 4.69) is 15.3 Å². The van der Waals surface area contributed by atoms with E-state index >= 15 is 0 Å². The summed E-state index contributed by atoms with van der Waals surface area (Å²) in [5.41, 5.74) is 0.816. The van der Waals surface area contributed by atoms with Crippen LogP contribution in [-0.2, 0) is 6.54 Å². The molecule has 6 heteroatoms. The molecule has 1 aromatic rings. The number of nitrogens with one attached hydrogen (secondary N) is 2. The van der Waals surface area contributed by atoms with Crippen LogP contribution in [0.3, 0.4) is 0 Å². The first-order chi connectivity index (χ1) is 8.07. The van der Waals surface area contributed by atoms with E-state index in [4.69, 9.17) is 0 Å². The molecular formula is C11H16F3N3. The van der Waals surface area contributed by atoms with Gasteiger partial charge in [0, 0.05) is 24.5 Å². The van der Waals surface area contributed by atoms with Crippen LogP contribution in [0.4, 0.5) is 13.2 Å². The summed E-state index contributed by atoms with van der Waals surface area (Å²) in [6.45, 7) is 0.414. The van der Waals surface area contributed by atoms with Crippen molar-refractivity contribution in [2.24, 2.45) is 5.92 Å². The molecule has 0 aliphatic heterocycles. The van der Waals surface area contributed by atoms with Crippen LogP contribution in [0.15, 0.2) is 12.5 Å². The Labute approximate surface area is 97.8 Å². The van der Waals surface area contributed by atoms with Crippen molar-refractivity contribution in [3.05, 3.63) is 18.2 Å². The molecule has 0 radical (unpaired) electrons. The monoisotopic (exact) mass is 247 g/mol. The lowest BCUT2D eigenvalue weighted by Crippen LogP contribution is -2.45. The number of hydrogen-bond acceptors (Lipinski definition) is 2. The molecule has 2 unspecified atom stereocenters. The van der Waals surface area contributed by atoms with Crippen molar-refractivity contribution in [1.29, 1.82) is 0 Å². The number of H-pyrrole nitrogens is 1. The SMILES string of the molecule is FC(F)(F)C1CCCCC1NCc1cnc[nH]1. The fraction of sp³-hybridized carbons (Fsp3) is 0.727. The largest absolute Gasteiger partial charge is 0.393 e. The molecule has 1 heterocycles. The Bertz CT molecular complexity index is 334. The molecule has 1 aromatic heterocycles. The van der Waals surface area contributed by atoms with Gasteiger partial charge >= 0.3 is 6.18 Å². The molecule has 0 aromatic carbocycles. The number of hydrogen-bond donors (Lipinski definition) is 2. The van der Waals surface area contributed by atoms with Gasteiger partial charge in [0.05, 0.1) is 12.2 Å². The van der Waals surface area contributed by atoms with Gasteiger partial charge in [-0.3, -0.25) is 0 Å². The first kappa shape index (κ1) is 12.4. The second-order valence-corrected chi connectivity index (χ2v) is 4.50. The van der Waals surface area contributed by atoms with Gasteiger partial charge in [-0.2, -0.15) is 13.2 Å². The minimum atomic E-state index is -4.09. The molecule has 0 spiro atoms. The molecule has 1 aliphatic rings. The third kappa shape index (κ3) is 3.21. The van der Waals surface area contributed by atoms with Crippen LogP contribution < -0.4 is 5.32 Å². The zero-order chi connectivity index (χ0) is 12.3. The molecule has 2 rings (SSSR count). The predicted octanol–water partition coefficient (Wildman–Crippen LogP) is 2.62. The van der Waals surface area contributed by atoms with Crippen molar-refractivity contribution in [2.75, 3.05) is 0 Å². The fourth-order valence-corrected chi connectivity index (χ4v) is 2.39. The van der Waals surface area contributed by atoms with Gasteiger partial charge in [0.1, 0.15) is 0 Å². The predicted molar refractivity (Wildman–Crippen MR) is 57.2 cm³/mol. The summed E-state index contributed by atoms with van der Waals surface area (Å²) >= 11 is 0. The highest BCUT2D eigenvalue weighted by Gasteiger charge is 2.45. The Morgan fingerprint density at radius 3 is 2.76 bits per heavy atom. The smallest absolute Gasteiger partial charge is 0.347 e. The first-order valence-electron chi connectivity index (χ1n) is 5.84. The zero-order valence-corrected chi connectivity index (χ0v) is 9.43. The van der Waals surface area contributed by atoms with Crippen molar-refractivity contribution < 1.29 is 13.2 Å². The van der Waals surface area contributed by atoms with Crippen LogP contribution >= 0.6 is 0 Å². The highest BCUT2D eigenvalue weighted by Crippen LogP contribution is 2.37. The van der Waals surface area contributed by atoms with Crippen LogP contribution in [0.5, 0.6) is 0 Å².